The Morgan fingerprint density at radius 1 is 1.08 bits per heavy atom. The van der Waals surface area contributed by atoms with Gasteiger partial charge in [0, 0.05) is 17.3 Å². The van der Waals surface area contributed by atoms with Crippen LogP contribution in [0.5, 0.6) is 5.75 Å². The lowest BCUT2D eigenvalue weighted by molar-refractivity contribution is 0.0962. The molecule has 132 valence electrons. The van der Waals surface area contributed by atoms with Gasteiger partial charge in [0.15, 0.2) is 0 Å². The molecule has 1 aliphatic rings. The highest BCUT2D eigenvalue weighted by Crippen LogP contribution is 2.23. The van der Waals surface area contributed by atoms with Crippen LogP contribution in [0.25, 0.3) is 0 Å². The molecule has 0 saturated carbocycles. The van der Waals surface area contributed by atoms with Crippen LogP contribution in [-0.4, -0.2) is 22.2 Å². The number of hydrogen-bond donors (Lipinski definition) is 0. The molecule has 0 fully saturated rings. The van der Waals surface area contributed by atoms with E-state index in [2.05, 4.69) is 5.10 Å². The molecule has 0 bridgehead atoms. The molecule has 0 N–H and O–H groups in total. The summed E-state index contributed by atoms with van der Waals surface area (Å²) in [5.41, 5.74) is 1.84. The van der Waals surface area contributed by atoms with Gasteiger partial charge in [-0.2, -0.15) is 5.10 Å². The van der Waals surface area contributed by atoms with Gasteiger partial charge in [-0.1, -0.05) is 11.6 Å². The third-order valence-electron chi connectivity index (χ3n) is 4.17. The highest BCUT2D eigenvalue weighted by atomic mass is 35.5. The second kappa shape index (κ2) is 6.80. The van der Waals surface area contributed by atoms with Gasteiger partial charge in [0.25, 0.3) is 5.91 Å². The molecule has 1 amide bonds. The zero-order valence-electron chi connectivity index (χ0n) is 13.7. The van der Waals surface area contributed by atoms with Gasteiger partial charge in [-0.3, -0.25) is 9.48 Å². The van der Waals surface area contributed by atoms with Crippen LogP contribution in [0.3, 0.4) is 0 Å². The Morgan fingerprint density at radius 3 is 2.54 bits per heavy atom. The number of fused-ring (bicyclic) bond motifs is 1. The average Bonchev–Trinajstić information content (AvgIpc) is 3.07. The van der Waals surface area contributed by atoms with Crippen molar-refractivity contribution < 1.29 is 13.9 Å². The average molecular weight is 372 g/mol. The molecule has 4 rings (SSSR count). The summed E-state index contributed by atoms with van der Waals surface area (Å²) in [4.78, 5) is 14.4. The van der Waals surface area contributed by atoms with E-state index in [1.807, 2.05) is 0 Å². The maximum Gasteiger partial charge on any atom is 0.276 e. The summed E-state index contributed by atoms with van der Waals surface area (Å²) < 4.78 is 20.5. The minimum atomic E-state index is -0.329. The predicted molar refractivity (Wildman–Crippen MR) is 96.1 cm³/mol. The summed E-state index contributed by atoms with van der Waals surface area (Å²) in [5.74, 6) is 0.192. The Kier molecular flexibility index (Phi) is 4.34. The first kappa shape index (κ1) is 16.6. The van der Waals surface area contributed by atoms with Crippen LogP contribution < -0.4 is 9.64 Å². The monoisotopic (exact) mass is 371 g/mol. The van der Waals surface area contributed by atoms with Gasteiger partial charge in [0.05, 0.1) is 6.54 Å². The van der Waals surface area contributed by atoms with Gasteiger partial charge in [0.1, 0.15) is 29.6 Å². The molecule has 0 unspecified atom stereocenters. The minimum Gasteiger partial charge on any atom is -0.487 e. The van der Waals surface area contributed by atoms with Crippen molar-refractivity contribution >= 4 is 23.2 Å². The summed E-state index contributed by atoms with van der Waals surface area (Å²) in [7, 11) is 0. The van der Waals surface area contributed by atoms with Crippen LogP contribution in [0.2, 0.25) is 5.02 Å². The zero-order chi connectivity index (χ0) is 18.1. The molecule has 0 aliphatic carbocycles. The summed E-state index contributed by atoms with van der Waals surface area (Å²) in [5, 5.41) is 5.07. The van der Waals surface area contributed by atoms with Crippen molar-refractivity contribution in [1.29, 1.82) is 0 Å². The lowest BCUT2D eigenvalue weighted by atomic mass is 10.2. The molecule has 7 heteroatoms. The topological polar surface area (TPSA) is 47.4 Å². The van der Waals surface area contributed by atoms with Crippen LogP contribution in [-0.2, 0) is 13.2 Å². The Bertz CT molecular complexity index is 938. The van der Waals surface area contributed by atoms with E-state index >= 15 is 0 Å². The highest BCUT2D eigenvalue weighted by Gasteiger charge is 2.27. The number of anilines is 1. The molecule has 0 spiro atoms. The lowest BCUT2D eigenvalue weighted by Gasteiger charge is -2.27. The Labute approximate surface area is 154 Å². The van der Waals surface area contributed by atoms with E-state index in [0.717, 1.165) is 0 Å². The Morgan fingerprint density at radius 2 is 1.81 bits per heavy atom. The van der Waals surface area contributed by atoms with Crippen molar-refractivity contribution in [3.63, 3.8) is 0 Å². The fraction of sp³-hybridized carbons (Fsp3) is 0.158. The van der Waals surface area contributed by atoms with Crippen molar-refractivity contribution in [3.05, 3.63) is 76.8 Å². The quantitative estimate of drug-likeness (QED) is 0.698. The SMILES string of the molecule is O=C1c2cc(COc3ccc(Cl)cc3)nn2CCN1c1ccc(F)cc1. The maximum absolute atomic E-state index is 13.1. The smallest absolute Gasteiger partial charge is 0.276 e. The Balaban J connectivity index is 1.49. The molecule has 1 aromatic heterocycles. The fourth-order valence-corrected chi connectivity index (χ4v) is 3.00. The van der Waals surface area contributed by atoms with E-state index in [9.17, 15) is 9.18 Å². The van der Waals surface area contributed by atoms with Gasteiger partial charge in [0.2, 0.25) is 0 Å². The Hall–Kier alpha value is -2.86. The number of amides is 1. The molecule has 0 atom stereocenters. The van der Waals surface area contributed by atoms with Crippen LogP contribution >= 0.6 is 11.6 Å². The normalized spacial score (nSPS) is 13.6. The summed E-state index contributed by atoms with van der Waals surface area (Å²) in [6.45, 7) is 1.31. The third-order valence-corrected chi connectivity index (χ3v) is 4.42. The third kappa shape index (κ3) is 3.28. The van der Waals surface area contributed by atoms with Crippen molar-refractivity contribution in [2.75, 3.05) is 11.4 Å². The molecular formula is C19H15ClFN3O2. The van der Waals surface area contributed by atoms with E-state index < -0.39 is 0 Å². The van der Waals surface area contributed by atoms with Crippen molar-refractivity contribution in [2.45, 2.75) is 13.2 Å². The lowest BCUT2D eigenvalue weighted by Crippen LogP contribution is -2.40. The second-order valence-electron chi connectivity index (χ2n) is 5.92. The number of nitrogens with zero attached hydrogens (tertiary/aromatic N) is 3. The van der Waals surface area contributed by atoms with Gasteiger partial charge >= 0.3 is 0 Å². The number of halogens is 2. The minimum absolute atomic E-state index is 0.159. The molecule has 1 aliphatic heterocycles. The van der Waals surface area contributed by atoms with Crippen molar-refractivity contribution in [1.82, 2.24) is 9.78 Å². The number of rotatable bonds is 4. The molecule has 3 aromatic rings. The van der Waals surface area contributed by atoms with Crippen LogP contribution in [0, 0.1) is 5.82 Å². The summed E-state index contributed by atoms with van der Waals surface area (Å²) in [6.07, 6.45) is 0. The first-order valence-electron chi connectivity index (χ1n) is 8.13. The predicted octanol–water partition coefficient (Wildman–Crippen LogP) is 3.92. The van der Waals surface area contributed by atoms with Gasteiger partial charge in [-0.05, 0) is 54.6 Å². The molecular weight excluding hydrogens is 357 g/mol. The molecule has 0 radical (unpaired) electrons. The fourth-order valence-electron chi connectivity index (χ4n) is 2.87. The van der Waals surface area contributed by atoms with E-state index in [1.54, 1.807) is 52.0 Å². The summed E-state index contributed by atoms with van der Waals surface area (Å²) in [6, 6.07) is 14.7. The molecule has 26 heavy (non-hydrogen) atoms. The summed E-state index contributed by atoms with van der Waals surface area (Å²) >= 11 is 5.85. The first-order valence-corrected chi connectivity index (χ1v) is 8.50. The second-order valence-corrected chi connectivity index (χ2v) is 6.36. The van der Waals surface area contributed by atoms with E-state index in [1.165, 1.54) is 12.1 Å². The van der Waals surface area contributed by atoms with E-state index in [4.69, 9.17) is 16.3 Å². The van der Waals surface area contributed by atoms with Gasteiger partial charge in [-0.25, -0.2) is 4.39 Å². The maximum atomic E-state index is 13.1. The van der Waals surface area contributed by atoms with E-state index in [0.29, 0.717) is 40.9 Å². The number of hydrogen-bond acceptors (Lipinski definition) is 3. The van der Waals surface area contributed by atoms with Crippen molar-refractivity contribution in [2.24, 2.45) is 0 Å². The number of carbonyl (C=O) groups excluding carboxylic acids is 1. The number of benzene rings is 2. The largest absolute Gasteiger partial charge is 0.487 e. The molecule has 0 saturated heterocycles. The van der Waals surface area contributed by atoms with Crippen LogP contribution in [0.1, 0.15) is 16.2 Å². The molecule has 2 heterocycles. The number of aromatic nitrogens is 2. The van der Waals surface area contributed by atoms with Gasteiger partial charge in [-0.15, -0.1) is 0 Å². The van der Waals surface area contributed by atoms with Crippen LogP contribution in [0.15, 0.2) is 54.6 Å². The van der Waals surface area contributed by atoms with Gasteiger partial charge < -0.3 is 9.64 Å². The highest BCUT2D eigenvalue weighted by molar-refractivity contribution is 6.30. The number of ether oxygens (including phenoxy) is 1. The van der Waals surface area contributed by atoms with E-state index in [-0.39, 0.29) is 18.3 Å². The molecule has 2 aromatic carbocycles. The van der Waals surface area contributed by atoms with Crippen molar-refractivity contribution in [3.8, 4) is 5.75 Å². The van der Waals surface area contributed by atoms with Crippen LogP contribution in [0.4, 0.5) is 10.1 Å². The standard InChI is InChI=1S/C19H15ClFN3O2/c20-13-1-7-17(8-2-13)26-12-15-11-18-19(25)23(9-10-24(18)22-15)16-5-3-14(21)4-6-16/h1-8,11H,9-10,12H2. The first-order chi connectivity index (χ1) is 12.6. The molecule has 5 nitrogen and oxygen atoms in total. The zero-order valence-corrected chi connectivity index (χ0v) is 14.5. The number of carbonyl (C=O) groups is 1.